The van der Waals surface area contributed by atoms with Crippen molar-refractivity contribution < 1.29 is 9.18 Å². The number of benzene rings is 1. The van der Waals surface area contributed by atoms with Crippen LogP contribution in [0.5, 0.6) is 0 Å². The van der Waals surface area contributed by atoms with Gasteiger partial charge in [0.05, 0.1) is 6.54 Å². The van der Waals surface area contributed by atoms with Gasteiger partial charge >= 0.3 is 0 Å². The zero-order valence-corrected chi connectivity index (χ0v) is 16.0. The smallest absolute Gasteiger partial charge is 0.243 e. The zero-order valence-electron chi connectivity index (χ0n) is 13.7. The Bertz CT molecular complexity index is 497. The number of aliphatic imine (C=N–C) groups is 1. The fourth-order valence-corrected chi connectivity index (χ4v) is 1.91. The van der Waals surface area contributed by atoms with Crippen LogP contribution in [0.2, 0.25) is 0 Å². The van der Waals surface area contributed by atoms with E-state index in [1.165, 1.54) is 31.4 Å². The van der Waals surface area contributed by atoms with Crippen molar-refractivity contribution in [2.24, 2.45) is 4.99 Å². The summed E-state index contributed by atoms with van der Waals surface area (Å²) in [5.74, 6) is -0.0410. The summed E-state index contributed by atoms with van der Waals surface area (Å²) in [7, 11) is 1.66. The lowest BCUT2D eigenvalue weighted by molar-refractivity contribution is -0.115. The molecule has 1 amide bonds. The highest BCUT2D eigenvalue weighted by Gasteiger charge is 2.04. The van der Waals surface area contributed by atoms with E-state index in [4.69, 9.17) is 0 Å². The number of rotatable bonds is 8. The van der Waals surface area contributed by atoms with E-state index in [0.29, 0.717) is 11.6 Å². The first kappa shape index (κ1) is 21.6. The highest BCUT2D eigenvalue weighted by Crippen LogP contribution is 2.08. The van der Waals surface area contributed by atoms with Gasteiger partial charge in [0.25, 0.3) is 0 Å². The van der Waals surface area contributed by atoms with Gasteiger partial charge < -0.3 is 16.0 Å². The zero-order chi connectivity index (χ0) is 16.2. The number of guanidine groups is 1. The Kier molecular flexibility index (Phi) is 12.3. The van der Waals surface area contributed by atoms with E-state index >= 15 is 0 Å². The molecule has 23 heavy (non-hydrogen) atoms. The third-order valence-electron chi connectivity index (χ3n) is 3.07. The maximum Gasteiger partial charge on any atom is 0.243 e. The van der Waals surface area contributed by atoms with Crippen LogP contribution in [-0.4, -0.2) is 32.0 Å². The van der Waals surface area contributed by atoms with Crippen molar-refractivity contribution >= 4 is 41.5 Å². The topological polar surface area (TPSA) is 65.5 Å². The first-order valence-corrected chi connectivity index (χ1v) is 7.65. The van der Waals surface area contributed by atoms with Crippen molar-refractivity contribution in [3.63, 3.8) is 0 Å². The van der Waals surface area contributed by atoms with Gasteiger partial charge in [-0.1, -0.05) is 32.3 Å². The van der Waals surface area contributed by atoms with Crippen molar-refractivity contribution in [2.45, 2.75) is 32.6 Å². The maximum atomic E-state index is 13.0. The Morgan fingerprint density at radius 2 is 2.00 bits per heavy atom. The standard InChI is InChI=1S/C16H25FN4O.HI/c1-3-4-5-6-10-19-16(18-2)20-12-15(22)21-14-9-7-8-13(17)11-14;/h7-9,11H,3-6,10,12H2,1-2H3,(H,21,22)(H2,18,19,20);1H. The van der Waals surface area contributed by atoms with Gasteiger partial charge in [0, 0.05) is 19.3 Å². The van der Waals surface area contributed by atoms with Crippen LogP contribution in [0.1, 0.15) is 32.6 Å². The van der Waals surface area contributed by atoms with Crippen LogP contribution >= 0.6 is 24.0 Å². The maximum absolute atomic E-state index is 13.0. The van der Waals surface area contributed by atoms with Gasteiger partial charge in [0.1, 0.15) is 5.82 Å². The first-order valence-electron chi connectivity index (χ1n) is 7.65. The molecule has 0 atom stereocenters. The van der Waals surface area contributed by atoms with Crippen LogP contribution in [0, 0.1) is 5.82 Å². The third-order valence-corrected chi connectivity index (χ3v) is 3.07. The Balaban J connectivity index is 0.00000484. The van der Waals surface area contributed by atoms with E-state index in [2.05, 4.69) is 27.9 Å². The quantitative estimate of drug-likeness (QED) is 0.254. The molecule has 1 aromatic rings. The Morgan fingerprint density at radius 3 is 2.65 bits per heavy atom. The Labute approximate surface area is 154 Å². The highest BCUT2D eigenvalue weighted by molar-refractivity contribution is 14.0. The van der Waals surface area contributed by atoms with Crippen LogP contribution in [0.4, 0.5) is 10.1 Å². The molecule has 1 rings (SSSR count). The molecule has 3 N–H and O–H groups in total. The molecule has 0 bridgehead atoms. The van der Waals surface area contributed by atoms with Crippen molar-refractivity contribution in [1.82, 2.24) is 10.6 Å². The van der Waals surface area contributed by atoms with E-state index in [0.717, 1.165) is 13.0 Å². The number of anilines is 1. The molecule has 5 nitrogen and oxygen atoms in total. The lowest BCUT2D eigenvalue weighted by Gasteiger charge is -2.12. The highest BCUT2D eigenvalue weighted by atomic mass is 127. The van der Waals surface area contributed by atoms with Gasteiger partial charge in [-0.05, 0) is 24.6 Å². The second-order valence-corrected chi connectivity index (χ2v) is 4.97. The first-order chi connectivity index (χ1) is 10.7. The van der Waals surface area contributed by atoms with E-state index in [1.54, 1.807) is 19.2 Å². The summed E-state index contributed by atoms with van der Waals surface area (Å²) in [5, 5.41) is 8.71. The van der Waals surface area contributed by atoms with Crippen molar-refractivity contribution in [3.8, 4) is 0 Å². The molecule has 0 fully saturated rings. The molecule has 0 radical (unpaired) electrons. The molecular formula is C16H26FIN4O. The number of amides is 1. The van der Waals surface area contributed by atoms with Gasteiger partial charge in [0.2, 0.25) is 5.91 Å². The molecule has 7 heteroatoms. The summed E-state index contributed by atoms with van der Waals surface area (Å²) in [6.45, 7) is 3.07. The van der Waals surface area contributed by atoms with E-state index in [9.17, 15) is 9.18 Å². The van der Waals surface area contributed by atoms with E-state index in [1.807, 2.05) is 0 Å². The fraction of sp³-hybridized carbons (Fsp3) is 0.500. The van der Waals surface area contributed by atoms with Crippen LogP contribution in [0.25, 0.3) is 0 Å². The summed E-state index contributed by atoms with van der Waals surface area (Å²) < 4.78 is 13.0. The number of unbranched alkanes of at least 4 members (excludes halogenated alkanes) is 3. The molecular weight excluding hydrogens is 410 g/mol. The average Bonchev–Trinajstić information content (AvgIpc) is 2.50. The minimum atomic E-state index is -0.379. The second-order valence-electron chi connectivity index (χ2n) is 4.97. The number of carbonyl (C=O) groups is 1. The summed E-state index contributed by atoms with van der Waals surface area (Å²) in [4.78, 5) is 15.8. The minimum Gasteiger partial charge on any atom is -0.356 e. The minimum absolute atomic E-state index is 0. The average molecular weight is 436 g/mol. The van der Waals surface area contributed by atoms with Crippen LogP contribution in [0.3, 0.4) is 0 Å². The normalized spacial score (nSPS) is 10.7. The number of hydrogen-bond acceptors (Lipinski definition) is 2. The van der Waals surface area contributed by atoms with Gasteiger partial charge in [-0.15, -0.1) is 24.0 Å². The molecule has 0 saturated heterocycles. The SMILES string of the molecule is CCCCCCNC(=NC)NCC(=O)Nc1cccc(F)c1.I. The van der Waals surface area contributed by atoms with Crippen LogP contribution in [0.15, 0.2) is 29.3 Å². The lowest BCUT2D eigenvalue weighted by Crippen LogP contribution is -2.41. The Morgan fingerprint density at radius 1 is 1.22 bits per heavy atom. The molecule has 0 aliphatic rings. The molecule has 0 unspecified atom stereocenters. The summed E-state index contributed by atoms with van der Waals surface area (Å²) in [6.07, 6.45) is 4.68. The Hall–Kier alpha value is -1.38. The predicted octanol–water partition coefficient (Wildman–Crippen LogP) is 3.13. The monoisotopic (exact) mass is 436 g/mol. The molecule has 0 spiro atoms. The number of carbonyl (C=O) groups excluding carboxylic acids is 1. The summed E-state index contributed by atoms with van der Waals surface area (Å²) in [5.41, 5.74) is 0.439. The van der Waals surface area contributed by atoms with E-state index in [-0.39, 0.29) is 42.2 Å². The number of hydrogen-bond donors (Lipinski definition) is 3. The van der Waals surface area contributed by atoms with Gasteiger partial charge in [-0.3, -0.25) is 9.79 Å². The van der Waals surface area contributed by atoms with Gasteiger partial charge in [0.15, 0.2) is 5.96 Å². The molecule has 0 aliphatic heterocycles. The van der Waals surface area contributed by atoms with Gasteiger partial charge in [-0.2, -0.15) is 0 Å². The van der Waals surface area contributed by atoms with Crippen LogP contribution in [-0.2, 0) is 4.79 Å². The predicted molar refractivity (Wildman–Crippen MR) is 104 cm³/mol. The van der Waals surface area contributed by atoms with Gasteiger partial charge in [-0.25, -0.2) is 4.39 Å². The second kappa shape index (κ2) is 13.1. The van der Waals surface area contributed by atoms with Crippen molar-refractivity contribution in [3.05, 3.63) is 30.1 Å². The molecule has 0 aliphatic carbocycles. The lowest BCUT2D eigenvalue weighted by atomic mass is 10.2. The van der Waals surface area contributed by atoms with Crippen LogP contribution < -0.4 is 16.0 Å². The number of halogens is 2. The molecule has 0 heterocycles. The van der Waals surface area contributed by atoms with E-state index < -0.39 is 0 Å². The molecule has 130 valence electrons. The number of nitrogens with one attached hydrogen (secondary N) is 3. The molecule has 0 saturated carbocycles. The van der Waals surface area contributed by atoms with Crippen molar-refractivity contribution in [1.29, 1.82) is 0 Å². The summed E-state index contributed by atoms with van der Waals surface area (Å²) >= 11 is 0. The molecule has 1 aromatic carbocycles. The largest absolute Gasteiger partial charge is 0.356 e. The molecule has 0 aromatic heterocycles. The van der Waals surface area contributed by atoms with Crippen molar-refractivity contribution in [2.75, 3.05) is 25.5 Å². The summed E-state index contributed by atoms with van der Waals surface area (Å²) in [6, 6.07) is 5.80. The number of nitrogens with zero attached hydrogens (tertiary/aromatic N) is 1. The fourth-order valence-electron chi connectivity index (χ4n) is 1.91. The third kappa shape index (κ3) is 10.1.